The summed E-state index contributed by atoms with van der Waals surface area (Å²) in [6, 6.07) is 118. The summed E-state index contributed by atoms with van der Waals surface area (Å²) < 4.78 is 13.4. The van der Waals surface area contributed by atoms with Gasteiger partial charge in [-0.25, -0.2) is 0 Å². The summed E-state index contributed by atoms with van der Waals surface area (Å²) in [7, 11) is 0. The molecule has 9 aliphatic rings. The summed E-state index contributed by atoms with van der Waals surface area (Å²) in [5.74, 6) is 2.65. The summed E-state index contributed by atoms with van der Waals surface area (Å²) in [6.07, 6.45) is 12.4. The van der Waals surface area contributed by atoms with Gasteiger partial charge in [0.1, 0.15) is 22.3 Å². The van der Waals surface area contributed by atoms with Crippen LogP contribution in [0.25, 0.3) is 66.1 Å². The van der Waals surface area contributed by atoms with Gasteiger partial charge in [-0.1, -0.05) is 219 Å². The Morgan fingerprint density at radius 1 is 0.315 bits per heavy atom. The van der Waals surface area contributed by atoms with E-state index in [2.05, 4.69) is 329 Å². The van der Waals surface area contributed by atoms with Crippen molar-refractivity contribution in [1.82, 2.24) is 0 Å². The van der Waals surface area contributed by atoms with Gasteiger partial charge < -0.3 is 28.4 Å². The lowest BCUT2D eigenvalue weighted by atomic mass is 9.33. The zero-order valence-corrected chi connectivity index (χ0v) is 60.2. The molecular formula is C100H76B2N4O2. The molecule has 0 saturated heterocycles. The molecule has 0 amide bonds. The molecule has 14 aromatic carbocycles. The summed E-state index contributed by atoms with van der Waals surface area (Å²) in [6.45, 7) is 0.0549. The van der Waals surface area contributed by atoms with Gasteiger partial charge in [0.05, 0.1) is 0 Å². The number of para-hydroxylation sites is 9. The number of nitrogens with zero attached hydrogens (tertiary/aromatic N) is 4. The van der Waals surface area contributed by atoms with Crippen molar-refractivity contribution in [3.05, 3.63) is 326 Å². The SMILES string of the molecule is c1ccc(N2c3ccc(C4C5CC6CC4CC(c4cc7c8c(c4)N(c4cccc(-c9cccc%10c9oc9ccccc9%10)c4)c4ccccc4B8c4ccccc4N7c4ccccc4)(C6)C5)cc3B3c4ccccc4N(c4ccc(-c5cccc6c5oc5ccccc56)cc4)c4cc(C5CCCCC5)cc2c43)cc1. The van der Waals surface area contributed by atoms with Gasteiger partial charge in [0.25, 0.3) is 13.4 Å². The number of benzene rings is 14. The second-order valence-electron chi connectivity index (χ2n) is 32.5. The Balaban J connectivity index is 0.650. The maximum Gasteiger partial charge on any atom is 0.252 e. The molecule has 16 aromatic rings. The fourth-order valence-electron chi connectivity index (χ4n) is 22.8. The molecule has 0 N–H and O–H groups in total. The molecule has 0 spiro atoms. The first-order chi connectivity index (χ1) is 53.5. The third kappa shape index (κ3) is 8.98. The monoisotopic (exact) mass is 1390 g/mol. The van der Waals surface area contributed by atoms with E-state index in [0.29, 0.717) is 29.6 Å². The first kappa shape index (κ1) is 61.2. The van der Waals surface area contributed by atoms with Gasteiger partial charge >= 0.3 is 0 Å². The van der Waals surface area contributed by atoms with E-state index in [-0.39, 0.29) is 18.8 Å². The lowest BCUT2D eigenvalue weighted by Crippen LogP contribution is -2.61. The van der Waals surface area contributed by atoms with E-state index in [1.54, 1.807) is 0 Å². The highest BCUT2D eigenvalue weighted by molar-refractivity contribution is 7.01. The number of fused-ring (bicyclic) bond motifs is 14. The molecule has 0 radical (unpaired) electrons. The highest BCUT2D eigenvalue weighted by Crippen LogP contribution is 2.66. The molecule has 4 bridgehead atoms. The fraction of sp³-hybridized carbons (Fsp3) is 0.160. The van der Waals surface area contributed by atoms with Crippen LogP contribution in [0, 0.1) is 17.8 Å². The van der Waals surface area contributed by atoms with Crippen LogP contribution in [0.2, 0.25) is 0 Å². The molecule has 8 heteroatoms. The largest absolute Gasteiger partial charge is 0.455 e. The van der Waals surface area contributed by atoms with Crippen LogP contribution < -0.4 is 52.4 Å². The Hall–Kier alpha value is -12.0. The molecule has 5 fully saturated rings. The van der Waals surface area contributed by atoms with E-state index >= 15 is 0 Å². The predicted molar refractivity (Wildman–Crippen MR) is 450 cm³/mol. The van der Waals surface area contributed by atoms with Gasteiger partial charge in [-0.05, 0) is 250 Å². The number of hydrogen-bond acceptors (Lipinski definition) is 6. The van der Waals surface area contributed by atoms with E-state index in [1.807, 2.05) is 0 Å². The number of rotatable bonds is 9. The Bertz CT molecular complexity index is 6380. The van der Waals surface area contributed by atoms with E-state index in [9.17, 15) is 0 Å². The van der Waals surface area contributed by atoms with E-state index < -0.39 is 0 Å². The van der Waals surface area contributed by atoms with Crippen molar-refractivity contribution >= 4 is 158 Å². The molecule has 25 rings (SSSR count). The van der Waals surface area contributed by atoms with Crippen LogP contribution in [0.1, 0.15) is 92.7 Å². The number of anilines is 12. The Morgan fingerprint density at radius 2 is 0.769 bits per heavy atom. The minimum absolute atomic E-state index is 0.0122. The first-order valence-corrected chi connectivity index (χ1v) is 39.6. The third-order valence-corrected chi connectivity index (χ3v) is 26.9. The molecule has 4 aliphatic heterocycles. The van der Waals surface area contributed by atoms with Crippen LogP contribution >= 0.6 is 0 Å². The molecule has 5 saturated carbocycles. The van der Waals surface area contributed by atoms with Gasteiger partial charge in [-0.2, -0.15) is 0 Å². The van der Waals surface area contributed by atoms with Crippen molar-refractivity contribution < 1.29 is 8.83 Å². The zero-order chi connectivity index (χ0) is 70.5. The van der Waals surface area contributed by atoms with Crippen LogP contribution in [0.15, 0.2) is 318 Å². The maximum atomic E-state index is 6.77. The molecular weight excluding hydrogens is 1310 g/mol. The standard InChI is InChI=1S/C100H76B2N4O2/c1-4-23-63(24-5-1)67-55-89-96-90(56-67)105(73-48-45-64(46-49-73)75-33-21-35-79-77-31-10-18-43-93(77)107-98(75)79)86-41-16-14-39-83(86)102(96)84-54-66(47-50-88(84)104(89)72-28-8-3-9-29-72)95-68-51-62-52-69(95)61-100(59-62,60-68)70-57-91-97-92(58-70)106(74-30-20-25-65(53-74)76-34-22-36-80-78-32-11-19-44-94(78)108-99(76)80)87-42-17-13-38-82(87)101(97)81-37-12-15-40-85(81)103(91)71-26-6-2-7-27-71/h2-3,6-22,25-50,53-58,62-63,68-69,95H,1,4-5,23-24,51-52,59-61H2. The quantitative estimate of drug-likeness (QED) is 0.134. The Kier molecular flexibility index (Phi) is 13.3. The highest BCUT2D eigenvalue weighted by atomic mass is 16.3. The lowest BCUT2D eigenvalue weighted by Gasteiger charge is -2.61. The Labute approximate surface area is 630 Å². The van der Waals surface area contributed by atoms with Crippen molar-refractivity contribution in [2.24, 2.45) is 17.8 Å². The number of furan rings is 2. The average Bonchev–Trinajstić information content (AvgIpc) is 0.808. The van der Waals surface area contributed by atoms with Gasteiger partial charge in [0.2, 0.25) is 0 Å². The average molecular weight is 1390 g/mol. The van der Waals surface area contributed by atoms with Gasteiger partial charge in [-0.15, -0.1) is 0 Å². The summed E-state index contributed by atoms with van der Waals surface area (Å²) in [5, 5.41) is 4.59. The van der Waals surface area contributed by atoms with E-state index in [1.165, 1.54) is 176 Å². The highest BCUT2D eigenvalue weighted by Gasteiger charge is 2.58. The van der Waals surface area contributed by atoms with E-state index in [0.717, 1.165) is 71.8 Å². The molecule has 2 unspecified atom stereocenters. The molecule has 5 aliphatic carbocycles. The number of hydrogen-bond donors (Lipinski definition) is 0. The predicted octanol–water partition coefficient (Wildman–Crippen LogP) is 22.9. The van der Waals surface area contributed by atoms with Crippen molar-refractivity contribution in [3.8, 4) is 22.3 Å². The summed E-state index contributed by atoms with van der Waals surface area (Å²) >= 11 is 0. The zero-order valence-electron chi connectivity index (χ0n) is 60.2. The lowest BCUT2D eigenvalue weighted by molar-refractivity contribution is -0.0255. The molecule has 6 heterocycles. The van der Waals surface area contributed by atoms with Crippen LogP contribution in [0.3, 0.4) is 0 Å². The van der Waals surface area contributed by atoms with Crippen LogP contribution in [-0.2, 0) is 5.41 Å². The topological polar surface area (TPSA) is 39.2 Å². The minimum Gasteiger partial charge on any atom is -0.455 e. The molecule has 108 heavy (non-hydrogen) atoms. The smallest absolute Gasteiger partial charge is 0.252 e. The van der Waals surface area contributed by atoms with E-state index in [4.69, 9.17) is 8.83 Å². The Morgan fingerprint density at radius 3 is 1.34 bits per heavy atom. The molecule has 2 atom stereocenters. The van der Waals surface area contributed by atoms with Crippen LogP contribution in [-0.4, -0.2) is 13.4 Å². The summed E-state index contributed by atoms with van der Waals surface area (Å²) in [4.78, 5) is 10.6. The van der Waals surface area contributed by atoms with Crippen LogP contribution in [0.4, 0.5) is 68.2 Å². The fourth-order valence-corrected chi connectivity index (χ4v) is 22.8. The first-order valence-electron chi connectivity index (χ1n) is 39.6. The van der Waals surface area contributed by atoms with Crippen LogP contribution in [0.5, 0.6) is 0 Å². The third-order valence-electron chi connectivity index (χ3n) is 26.9. The summed E-state index contributed by atoms with van der Waals surface area (Å²) in [5.41, 5.74) is 35.9. The normalized spacial score (nSPS) is 19.9. The molecule has 2 aromatic heterocycles. The van der Waals surface area contributed by atoms with Gasteiger partial charge in [0, 0.05) is 101 Å². The molecule has 6 nitrogen and oxygen atoms in total. The molecule has 514 valence electrons. The van der Waals surface area contributed by atoms with Crippen molar-refractivity contribution in [2.75, 3.05) is 19.6 Å². The second kappa shape index (κ2) is 23.5. The van der Waals surface area contributed by atoms with Gasteiger partial charge in [0.15, 0.2) is 0 Å². The maximum absolute atomic E-state index is 6.77. The van der Waals surface area contributed by atoms with Crippen molar-refractivity contribution in [3.63, 3.8) is 0 Å². The second-order valence-corrected chi connectivity index (χ2v) is 32.5. The minimum atomic E-state index is -0.0122. The van der Waals surface area contributed by atoms with Crippen molar-refractivity contribution in [1.29, 1.82) is 0 Å². The van der Waals surface area contributed by atoms with Crippen molar-refractivity contribution in [2.45, 2.75) is 81.5 Å². The van der Waals surface area contributed by atoms with Gasteiger partial charge in [-0.3, -0.25) is 0 Å².